The molecule has 1 aliphatic rings. The third-order valence-electron chi connectivity index (χ3n) is 4.64. The van der Waals surface area contributed by atoms with Crippen LogP contribution < -0.4 is 10.2 Å². The van der Waals surface area contributed by atoms with E-state index >= 15 is 0 Å². The molecule has 0 radical (unpaired) electrons. The van der Waals surface area contributed by atoms with Gasteiger partial charge in [0.15, 0.2) is 5.65 Å². The lowest BCUT2D eigenvalue weighted by atomic mass is 10.1. The molecule has 3 aromatic heterocycles. The SMILES string of the molecule is Cc1cc(C)c2c(N3CCSCC3)nc(C(=O)NCc3ccccn3)nc2n1. The van der Waals surface area contributed by atoms with Gasteiger partial charge in [-0.05, 0) is 37.6 Å². The molecule has 1 aliphatic heterocycles. The van der Waals surface area contributed by atoms with Crippen LogP contribution in [0.15, 0.2) is 30.5 Å². The number of hydrogen-bond acceptors (Lipinski definition) is 7. The van der Waals surface area contributed by atoms with Crippen LogP contribution in [0.5, 0.6) is 0 Å². The highest BCUT2D eigenvalue weighted by molar-refractivity contribution is 7.99. The van der Waals surface area contributed by atoms with E-state index in [-0.39, 0.29) is 11.7 Å². The van der Waals surface area contributed by atoms with Crippen LogP contribution in [0.4, 0.5) is 5.82 Å². The monoisotopic (exact) mass is 394 g/mol. The fourth-order valence-electron chi connectivity index (χ4n) is 3.31. The van der Waals surface area contributed by atoms with Crippen LogP contribution in [0.25, 0.3) is 11.0 Å². The van der Waals surface area contributed by atoms with E-state index in [2.05, 4.69) is 30.2 Å². The van der Waals surface area contributed by atoms with E-state index in [1.165, 1.54) is 0 Å². The van der Waals surface area contributed by atoms with Crippen LogP contribution in [0.3, 0.4) is 0 Å². The van der Waals surface area contributed by atoms with E-state index in [1.54, 1.807) is 6.20 Å². The topological polar surface area (TPSA) is 83.9 Å². The lowest BCUT2D eigenvalue weighted by Crippen LogP contribution is -2.34. The van der Waals surface area contributed by atoms with Crippen molar-refractivity contribution in [2.45, 2.75) is 20.4 Å². The average molecular weight is 395 g/mol. The van der Waals surface area contributed by atoms with Crippen LogP contribution in [0.1, 0.15) is 27.6 Å². The standard InChI is InChI=1S/C20H22N6OS/c1-13-11-14(2)23-17-16(13)19(26-7-9-28-10-8-26)25-18(24-17)20(27)22-12-15-5-3-4-6-21-15/h3-6,11H,7-10,12H2,1-2H3,(H,22,27). The van der Waals surface area contributed by atoms with Crippen molar-refractivity contribution in [2.24, 2.45) is 0 Å². The van der Waals surface area contributed by atoms with Gasteiger partial charge in [-0.2, -0.15) is 11.8 Å². The predicted molar refractivity (Wildman–Crippen MR) is 112 cm³/mol. The zero-order chi connectivity index (χ0) is 19.5. The van der Waals surface area contributed by atoms with Gasteiger partial charge in [0, 0.05) is 36.5 Å². The molecule has 8 heteroatoms. The summed E-state index contributed by atoms with van der Waals surface area (Å²) in [6.07, 6.45) is 1.70. The van der Waals surface area contributed by atoms with E-state index in [9.17, 15) is 4.79 Å². The summed E-state index contributed by atoms with van der Waals surface area (Å²) in [5, 5.41) is 3.79. The lowest BCUT2D eigenvalue weighted by molar-refractivity contribution is 0.0940. The van der Waals surface area contributed by atoms with Gasteiger partial charge in [-0.1, -0.05) is 6.07 Å². The van der Waals surface area contributed by atoms with Gasteiger partial charge in [0.25, 0.3) is 5.91 Å². The van der Waals surface area contributed by atoms with Crippen molar-refractivity contribution in [2.75, 3.05) is 29.5 Å². The molecular weight excluding hydrogens is 372 g/mol. The van der Waals surface area contributed by atoms with E-state index in [0.29, 0.717) is 12.2 Å². The Bertz CT molecular complexity index is 1000. The van der Waals surface area contributed by atoms with Gasteiger partial charge in [-0.15, -0.1) is 0 Å². The highest BCUT2D eigenvalue weighted by Gasteiger charge is 2.22. The molecule has 144 valence electrons. The van der Waals surface area contributed by atoms with Crippen molar-refractivity contribution in [3.63, 3.8) is 0 Å². The first kappa shape index (κ1) is 18.6. The third kappa shape index (κ3) is 3.91. The van der Waals surface area contributed by atoms with Crippen molar-refractivity contribution >= 4 is 34.5 Å². The Morgan fingerprint density at radius 1 is 1.18 bits per heavy atom. The van der Waals surface area contributed by atoms with Crippen molar-refractivity contribution in [3.05, 3.63) is 53.2 Å². The molecule has 4 rings (SSSR count). The van der Waals surface area contributed by atoms with Crippen LogP contribution in [0.2, 0.25) is 0 Å². The summed E-state index contributed by atoms with van der Waals surface area (Å²) >= 11 is 1.93. The number of anilines is 1. The number of fused-ring (bicyclic) bond motifs is 1. The smallest absolute Gasteiger partial charge is 0.289 e. The maximum atomic E-state index is 12.8. The second-order valence-electron chi connectivity index (χ2n) is 6.75. The van der Waals surface area contributed by atoms with E-state index < -0.39 is 0 Å². The van der Waals surface area contributed by atoms with Crippen LogP contribution in [-0.2, 0) is 6.54 Å². The Labute approximate surface area is 168 Å². The third-order valence-corrected chi connectivity index (χ3v) is 5.59. The lowest BCUT2D eigenvalue weighted by Gasteiger charge is -2.28. The molecule has 4 heterocycles. The Balaban J connectivity index is 1.70. The fraction of sp³-hybridized carbons (Fsp3) is 0.350. The molecule has 0 unspecified atom stereocenters. The van der Waals surface area contributed by atoms with Gasteiger partial charge in [0.05, 0.1) is 17.6 Å². The second kappa shape index (κ2) is 8.10. The molecule has 1 saturated heterocycles. The molecule has 0 aliphatic carbocycles. The largest absolute Gasteiger partial charge is 0.354 e. The summed E-state index contributed by atoms with van der Waals surface area (Å²) in [4.78, 5) is 32.9. The van der Waals surface area contributed by atoms with Crippen molar-refractivity contribution in [1.29, 1.82) is 0 Å². The highest BCUT2D eigenvalue weighted by atomic mass is 32.2. The first-order chi connectivity index (χ1) is 13.6. The number of thioether (sulfide) groups is 1. The summed E-state index contributed by atoms with van der Waals surface area (Å²) < 4.78 is 0. The van der Waals surface area contributed by atoms with Gasteiger partial charge in [-0.3, -0.25) is 9.78 Å². The molecule has 28 heavy (non-hydrogen) atoms. The number of rotatable bonds is 4. The number of nitrogens with zero attached hydrogens (tertiary/aromatic N) is 5. The minimum Gasteiger partial charge on any atom is -0.354 e. The molecule has 0 bridgehead atoms. The van der Waals surface area contributed by atoms with E-state index in [0.717, 1.165) is 52.8 Å². The zero-order valence-electron chi connectivity index (χ0n) is 16.0. The molecule has 1 amide bonds. The summed E-state index contributed by atoms with van der Waals surface area (Å²) in [5.74, 6) is 2.73. The number of hydrogen-bond donors (Lipinski definition) is 1. The number of carbonyl (C=O) groups is 1. The summed E-state index contributed by atoms with van der Waals surface area (Å²) in [5.41, 5.74) is 3.32. The minimum absolute atomic E-state index is 0.147. The van der Waals surface area contributed by atoms with Crippen molar-refractivity contribution in [3.8, 4) is 0 Å². The fourth-order valence-corrected chi connectivity index (χ4v) is 4.22. The zero-order valence-corrected chi connectivity index (χ0v) is 16.8. The van der Waals surface area contributed by atoms with E-state index in [4.69, 9.17) is 0 Å². The van der Waals surface area contributed by atoms with E-state index in [1.807, 2.05) is 49.9 Å². The predicted octanol–water partition coefficient (Wildman–Crippen LogP) is 2.52. The molecule has 3 aromatic rings. The Hall–Kier alpha value is -2.74. The summed E-state index contributed by atoms with van der Waals surface area (Å²) in [7, 11) is 0. The first-order valence-corrected chi connectivity index (χ1v) is 10.4. The second-order valence-corrected chi connectivity index (χ2v) is 7.98. The molecule has 0 saturated carbocycles. The van der Waals surface area contributed by atoms with Crippen LogP contribution in [0, 0.1) is 13.8 Å². The molecular formula is C20H22N6OS. The Morgan fingerprint density at radius 2 is 2.00 bits per heavy atom. The van der Waals surface area contributed by atoms with Crippen molar-refractivity contribution in [1.82, 2.24) is 25.3 Å². The summed E-state index contributed by atoms with van der Waals surface area (Å²) in [6, 6.07) is 7.64. The minimum atomic E-state index is -0.318. The number of aromatic nitrogens is 4. The number of aryl methyl sites for hydroxylation is 2. The molecule has 1 N–H and O–H groups in total. The van der Waals surface area contributed by atoms with Gasteiger partial charge in [-0.25, -0.2) is 15.0 Å². The Kier molecular flexibility index (Phi) is 5.38. The van der Waals surface area contributed by atoms with Crippen molar-refractivity contribution < 1.29 is 4.79 Å². The average Bonchev–Trinajstić information content (AvgIpc) is 2.72. The molecule has 0 aromatic carbocycles. The van der Waals surface area contributed by atoms with Gasteiger partial charge >= 0.3 is 0 Å². The van der Waals surface area contributed by atoms with Crippen LogP contribution in [-0.4, -0.2) is 50.4 Å². The molecule has 0 atom stereocenters. The van der Waals surface area contributed by atoms with Gasteiger partial charge < -0.3 is 10.2 Å². The van der Waals surface area contributed by atoms with Gasteiger partial charge in [0.2, 0.25) is 5.82 Å². The van der Waals surface area contributed by atoms with Crippen LogP contribution >= 0.6 is 11.8 Å². The van der Waals surface area contributed by atoms with Gasteiger partial charge in [0.1, 0.15) is 5.82 Å². The molecule has 0 spiro atoms. The maximum absolute atomic E-state index is 12.8. The Morgan fingerprint density at radius 3 is 2.75 bits per heavy atom. The molecule has 1 fully saturated rings. The maximum Gasteiger partial charge on any atom is 0.289 e. The number of nitrogens with one attached hydrogen (secondary N) is 1. The number of amides is 1. The summed E-state index contributed by atoms with van der Waals surface area (Å²) in [6.45, 7) is 6.12. The highest BCUT2D eigenvalue weighted by Crippen LogP contribution is 2.28. The molecule has 7 nitrogen and oxygen atoms in total. The number of carbonyl (C=O) groups excluding carboxylic acids is 1. The number of pyridine rings is 2. The normalized spacial score (nSPS) is 14.3. The quantitative estimate of drug-likeness (QED) is 0.728. The first-order valence-electron chi connectivity index (χ1n) is 9.28.